The van der Waals surface area contributed by atoms with Crippen LogP contribution in [-0.4, -0.2) is 64.3 Å². The minimum atomic E-state index is -0.752. The van der Waals surface area contributed by atoms with Crippen molar-refractivity contribution in [2.75, 3.05) is 6.54 Å². The topological polar surface area (TPSA) is 170 Å². The van der Waals surface area contributed by atoms with E-state index in [0.717, 1.165) is 39.2 Å². The molecule has 286 valence electrons. The Morgan fingerprint density at radius 2 is 1.75 bits per heavy atom. The van der Waals surface area contributed by atoms with E-state index >= 15 is 0 Å². The van der Waals surface area contributed by atoms with Gasteiger partial charge in [-0.3, -0.25) is 19.2 Å². The Bertz CT molecular complexity index is 1700. The molecule has 0 spiro atoms. The van der Waals surface area contributed by atoms with Gasteiger partial charge in [0.2, 0.25) is 23.6 Å². The van der Waals surface area contributed by atoms with Gasteiger partial charge in [0, 0.05) is 32.0 Å². The van der Waals surface area contributed by atoms with Crippen molar-refractivity contribution in [3.05, 3.63) is 82.5 Å². The number of nitrogens with zero attached hydrogens (tertiary/aromatic N) is 2. The van der Waals surface area contributed by atoms with Crippen LogP contribution in [0.5, 0.6) is 0 Å². The van der Waals surface area contributed by atoms with Gasteiger partial charge in [-0.2, -0.15) is 0 Å². The molecule has 0 unspecified atom stereocenters. The van der Waals surface area contributed by atoms with Crippen LogP contribution in [0.3, 0.4) is 0 Å². The van der Waals surface area contributed by atoms with Crippen molar-refractivity contribution in [2.24, 2.45) is 16.9 Å². The number of nitrogens with one attached hydrogen (secondary N) is 2. The van der Waals surface area contributed by atoms with E-state index in [-0.39, 0.29) is 48.6 Å². The van der Waals surface area contributed by atoms with Gasteiger partial charge in [0.05, 0.1) is 28.8 Å². The molecule has 0 saturated carbocycles. The maximum absolute atomic E-state index is 13.9. The van der Waals surface area contributed by atoms with Crippen LogP contribution in [0.15, 0.2) is 60.1 Å². The monoisotopic (exact) mass is 744 g/mol. The highest BCUT2D eigenvalue weighted by Crippen LogP contribution is 2.28. The first-order valence-electron chi connectivity index (χ1n) is 18.5. The van der Waals surface area contributed by atoms with Gasteiger partial charge in [-0.1, -0.05) is 81.5 Å². The number of allylic oxidation sites excluding steroid dienone is 1. The molecule has 6 N–H and O–H groups in total. The lowest BCUT2D eigenvalue weighted by Gasteiger charge is -2.35. The number of hydrogen-bond donors (Lipinski definition) is 4. The fraction of sp³-hybridized carbons (Fsp3) is 0.488. The maximum atomic E-state index is 13.9. The van der Waals surface area contributed by atoms with Gasteiger partial charge >= 0.3 is 0 Å². The summed E-state index contributed by atoms with van der Waals surface area (Å²) in [6, 6.07) is 14.5. The van der Waals surface area contributed by atoms with Crippen molar-refractivity contribution in [2.45, 2.75) is 117 Å². The molecule has 0 radical (unpaired) electrons. The Morgan fingerprint density at radius 1 is 1.06 bits per heavy atom. The van der Waals surface area contributed by atoms with Crippen molar-refractivity contribution in [1.29, 1.82) is 0 Å². The summed E-state index contributed by atoms with van der Waals surface area (Å²) in [4.78, 5) is 58.4. The van der Waals surface area contributed by atoms with Crippen LogP contribution in [0.25, 0.3) is 16.5 Å². The van der Waals surface area contributed by atoms with Crippen LogP contribution in [0.2, 0.25) is 0 Å². The molecule has 53 heavy (non-hydrogen) atoms. The number of hydrogen-bond acceptors (Lipinski definition) is 8. The number of likely N-dealkylation sites (tertiary alicyclic amines) is 1. The number of nitrogens with two attached hydrogens (primary N) is 2. The highest BCUT2D eigenvalue weighted by atomic mass is 32.1. The van der Waals surface area contributed by atoms with Crippen LogP contribution < -0.4 is 22.1 Å². The van der Waals surface area contributed by atoms with Crippen molar-refractivity contribution in [1.82, 2.24) is 20.5 Å². The number of unbranched alkanes of at least 4 members (excludes halogenated alkanes) is 1. The molecule has 11 nitrogen and oxygen atoms in total. The SMILES string of the molecule is Cc1ncsc1-c1ccc(CNC(=O)[C@@H]2CCCN2C(=O)[C@@H](NC(=O)CCC/C=C/c2ccc(CO[C@H](C)[C@@H](N)CCC(N)=O)cc2)C(C)(C)C)cc1. The van der Waals surface area contributed by atoms with Crippen LogP contribution >= 0.6 is 11.3 Å². The molecular weight excluding hydrogens is 689 g/mol. The van der Waals surface area contributed by atoms with Crippen LogP contribution in [0.1, 0.15) is 95.0 Å². The van der Waals surface area contributed by atoms with E-state index in [4.69, 9.17) is 16.2 Å². The van der Waals surface area contributed by atoms with Gasteiger partial charge < -0.3 is 31.7 Å². The number of ether oxygens (including phenoxy) is 1. The summed E-state index contributed by atoms with van der Waals surface area (Å²) >= 11 is 1.60. The molecule has 2 aromatic carbocycles. The molecule has 12 heteroatoms. The average Bonchev–Trinajstić information content (AvgIpc) is 3.80. The standard InChI is InChI=1S/C41H56N6O5S/c1-27-37(53-26-45-27)32-19-17-30(18-20-32)24-44-39(50)34-11-9-23-47(34)40(51)38(41(3,4)5)46-36(49)12-8-6-7-10-29-13-15-31(16-14-29)25-52-28(2)33(42)21-22-35(43)48/h7,10,13-20,26,28,33-34,38H,6,8-9,11-12,21-25,42H2,1-5H3,(H2,43,48)(H,44,50)(H,46,49)/b10-7+/t28-,33+,34+,38-/m1/s1. The smallest absolute Gasteiger partial charge is 0.246 e. The van der Waals surface area contributed by atoms with Crippen LogP contribution in [0.4, 0.5) is 0 Å². The van der Waals surface area contributed by atoms with E-state index in [1.165, 1.54) is 0 Å². The molecule has 0 aliphatic carbocycles. The summed E-state index contributed by atoms with van der Waals surface area (Å²) in [5.74, 6) is -0.952. The third kappa shape index (κ3) is 12.6. The van der Waals surface area contributed by atoms with Gasteiger partial charge in [-0.05, 0) is 73.6 Å². The number of carbonyl (C=O) groups is 4. The molecule has 2 heterocycles. The Morgan fingerprint density at radius 3 is 2.40 bits per heavy atom. The highest BCUT2D eigenvalue weighted by molar-refractivity contribution is 7.13. The number of carbonyl (C=O) groups excluding carboxylic acids is 4. The zero-order valence-electron chi connectivity index (χ0n) is 31.7. The highest BCUT2D eigenvalue weighted by Gasteiger charge is 2.41. The van der Waals surface area contributed by atoms with E-state index in [1.54, 1.807) is 16.2 Å². The number of benzene rings is 2. The van der Waals surface area contributed by atoms with Crippen LogP contribution in [0, 0.1) is 12.3 Å². The first-order chi connectivity index (χ1) is 25.2. The summed E-state index contributed by atoms with van der Waals surface area (Å²) in [6.07, 6.45) is 7.52. The maximum Gasteiger partial charge on any atom is 0.246 e. The molecule has 1 saturated heterocycles. The van der Waals surface area contributed by atoms with E-state index in [1.807, 2.05) is 101 Å². The number of thiazole rings is 1. The third-order valence-electron chi connectivity index (χ3n) is 9.59. The largest absolute Gasteiger partial charge is 0.372 e. The lowest BCUT2D eigenvalue weighted by Crippen LogP contribution is -2.57. The number of aromatic nitrogens is 1. The van der Waals surface area contributed by atoms with Gasteiger partial charge in [0.25, 0.3) is 0 Å². The number of primary amides is 1. The zero-order chi connectivity index (χ0) is 38.5. The minimum absolute atomic E-state index is 0.181. The van der Waals surface area contributed by atoms with E-state index < -0.39 is 17.5 Å². The molecule has 1 aliphatic rings. The number of aryl methyl sites for hydroxylation is 1. The Labute approximate surface area is 317 Å². The van der Waals surface area contributed by atoms with E-state index in [0.29, 0.717) is 45.4 Å². The summed E-state index contributed by atoms with van der Waals surface area (Å²) in [5.41, 5.74) is 17.7. The quantitative estimate of drug-likeness (QED) is 0.122. The third-order valence-corrected chi connectivity index (χ3v) is 10.6. The zero-order valence-corrected chi connectivity index (χ0v) is 32.5. The first-order valence-corrected chi connectivity index (χ1v) is 19.4. The molecule has 1 fully saturated rings. The van der Waals surface area contributed by atoms with Crippen molar-refractivity contribution in [3.63, 3.8) is 0 Å². The predicted molar refractivity (Wildman–Crippen MR) is 210 cm³/mol. The average molecular weight is 745 g/mol. The van der Waals surface area contributed by atoms with E-state index in [9.17, 15) is 19.2 Å². The normalized spacial score (nSPS) is 16.3. The summed E-state index contributed by atoms with van der Waals surface area (Å²) in [5, 5.41) is 6.02. The van der Waals surface area contributed by atoms with Gasteiger partial charge in [0.1, 0.15) is 12.1 Å². The summed E-state index contributed by atoms with van der Waals surface area (Å²) in [7, 11) is 0. The number of amides is 4. The summed E-state index contributed by atoms with van der Waals surface area (Å²) in [6.45, 7) is 10.9. The van der Waals surface area contributed by atoms with Crippen molar-refractivity contribution < 1.29 is 23.9 Å². The molecule has 4 rings (SSSR count). The summed E-state index contributed by atoms with van der Waals surface area (Å²) < 4.78 is 5.87. The molecule has 3 aromatic rings. The first kappa shape index (κ1) is 41.4. The van der Waals surface area contributed by atoms with Gasteiger partial charge in [0.15, 0.2) is 0 Å². The molecule has 1 aromatic heterocycles. The molecule has 4 atom stereocenters. The second kappa shape index (κ2) is 19.6. The Kier molecular flexibility index (Phi) is 15.3. The molecule has 0 bridgehead atoms. The Hall–Kier alpha value is -4.39. The van der Waals surface area contributed by atoms with E-state index in [2.05, 4.69) is 15.6 Å². The lowest BCUT2D eigenvalue weighted by atomic mass is 9.85. The Balaban J connectivity index is 1.21. The van der Waals surface area contributed by atoms with Gasteiger partial charge in [-0.25, -0.2) is 4.98 Å². The predicted octanol–water partition coefficient (Wildman–Crippen LogP) is 5.64. The fourth-order valence-electron chi connectivity index (χ4n) is 6.23. The minimum Gasteiger partial charge on any atom is -0.372 e. The fourth-order valence-corrected chi connectivity index (χ4v) is 7.04. The van der Waals surface area contributed by atoms with Crippen molar-refractivity contribution in [3.8, 4) is 10.4 Å². The molecular formula is C41H56N6O5S. The van der Waals surface area contributed by atoms with Crippen molar-refractivity contribution >= 4 is 41.0 Å². The number of rotatable bonds is 18. The van der Waals surface area contributed by atoms with Gasteiger partial charge in [-0.15, -0.1) is 11.3 Å². The second-order valence-electron chi connectivity index (χ2n) is 15.0. The lowest BCUT2D eigenvalue weighted by molar-refractivity contribution is -0.143. The molecule has 4 amide bonds. The molecule has 1 aliphatic heterocycles. The van der Waals surface area contributed by atoms with Crippen LogP contribution in [-0.2, 0) is 37.1 Å². The second-order valence-corrected chi connectivity index (χ2v) is 15.8.